The first-order valence-corrected chi connectivity index (χ1v) is 25.4. The van der Waals surface area contributed by atoms with Crippen LogP contribution in [-0.4, -0.2) is 88.8 Å². The number of rotatable bonds is 21. The van der Waals surface area contributed by atoms with Crippen molar-refractivity contribution in [2.45, 2.75) is 99.8 Å². The van der Waals surface area contributed by atoms with Gasteiger partial charge in [-0.15, -0.1) is 11.3 Å². The van der Waals surface area contributed by atoms with Gasteiger partial charge in [-0.05, 0) is 105 Å². The molecule has 4 heterocycles. The smallest absolute Gasteiger partial charge is 0.329 e. The number of aryl methyl sites for hydroxylation is 3. The van der Waals surface area contributed by atoms with Gasteiger partial charge < -0.3 is 38.7 Å². The first kappa shape index (κ1) is 51.0. The van der Waals surface area contributed by atoms with Gasteiger partial charge in [-0.1, -0.05) is 80.9 Å². The first-order chi connectivity index (χ1) is 34.1. The highest BCUT2D eigenvalue weighted by molar-refractivity contribution is 7.13. The topological polar surface area (TPSA) is 178 Å². The number of amides is 2. The molecular weight excluding hydrogens is 919 g/mol. The second-order valence-corrected chi connectivity index (χ2v) is 20.8. The zero-order valence-corrected chi connectivity index (χ0v) is 42.7. The average molecular weight is 984 g/mol. The molecule has 2 N–H and O–H groups in total. The summed E-state index contributed by atoms with van der Waals surface area (Å²) in [6, 6.07) is 17.0. The van der Waals surface area contributed by atoms with Crippen molar-refractivity contribution in [3.05, 3.63) is 112 Å². The number of esters is 1. The van der Waals surface area contributed by atoms with Gasteiger partial charge in [-0.2, -0.15) is 0 Å². The van der Waals surface area contributed by atoms with E-state index in [0.717, 1.165) is 73.2 Å². The van der Waals surface area contributed by atoms with Gasteiger partial charge in [0.05, 0.1) is 33.9 Å². The van der Waals surface area contributed by atoms with Crippen LogP contribution in [0.1, 0.15) is 92.9 Å². The molecule has 374 valence electrons. The molecule has 1 aliphatic heterocycles. The number of fused-ring (bicyclic) bond motifs is 3. The third-order valence-electron chi connectivity index (χ3n) is 13.5. The summed E-state index contributed by atoms with van der Waals surface area (Å²) >= 11 is 1.58. The van der Waals surface area contributed by atoms with Crippen molar-refractivity contribution in [2.75, 3.05) is 39.6 Å². The average Bonchev–Trinajstić information content (AvgIpc) is 4.12. The van der Waals surface area contributed by atoms with E-state index in [9.17, 15) is 19.2 Å². The predicted molar refractivity (Wildman–Crippen MR) is 275 cm³/mol. The van der Waals surface area contributed by atoms with E-state index < -0.39 is 29.3 Å². The monoisotopic (exact) mass is 983 g/mol. The summed E-state index contributed by atoms with van der Waals surface area (Å²) in [6.45, 7) is 15.9. The molecule has 0 unspecified atom stereocenters. The molecule has 3 atom stereocenters. The Morgan fingerprint density at radius 3 is 2.41 bits per heavy atom. The summed E-state index contributed by atoms with van der Waals surface area (Å²) in [6.07, 6.45) is 9.41. The number of likely N-dealkylation sites (tertiary alicyclic amines) is 1. The number of nitrogens with two attached hydrogens (primary N) is 1. The van der Waals surface area contributed by atoms with Gasteiger partial charge in [0.15, 0.2) is 5.78 Å². The second-order valence-electron chi connectivity index (χ2n) is 20.0. The van der Waals surface area contributed by atoms with Gasteiger partial charge in [0.2, 0.25) is 11.8 Å². The predicted octanol–water partition coefficient (Wildman–Crippen LogP) is 10.3. The fourth-order valence-electron chi connectivity index (χ4n) is 9.80. The lowest BCUT2D eigenvalue weighted by Crippen LogP contribution is -2.47. The van der Waals surface area contributed by atoms with Crippen molar-refractivity contribution in [2.24, 2.45) is 23.0 Å². The van der Waals surface area contributed by atoms with Crippen molar-refractivity contribution in [1.29, 1.82) is 0 Å². The number of nitrogens with zero attached hydrogens (tertiary/aromatic N) is 4. The number of carbonyl (C=O) groups excluding carboxylic acids is 4. The van der Waals surface area contributed by atoms with Gasteiger partial charge in [0, 0.05) is 66.1 Å². The molecule has 15 heteroatoms. The second kappa shape index (κ2) is 22.3. The van der Waals surface area contributed by atoms with Crippen molar-refractivity contribution in [1.82, 2.24) is 19.6 Å². The number of hydrogen-bond acceptors (Lipinski definition) is 12. The molecule has 0 bridgehead atoms. The van der Waals surface area contributed by atoms with Gasteiger partial charge >= 0.3 is 5.97 Å². The maximum Gasteiger partial charge on any atom is 0.329 e. The fraction of sp³-hybridized carbons (Fsp3) is 0.429. The van der Waals surface area contributed by atoms with E-state index in [2.05, 4.69) is 39.0 Å². The number of aromatic nitrogens is 3. The van der Waals surface area contributed by atoms with E-state index in [-0.39, 0.29) is 37.2 Å². The fourth-order valence-corrected chi connectivity index (χ4v) is 10.6. The van der Waals surface area contributed by atoms with Gasteiger partial charge in [0.25, 0.3) is 0 Å². The van der Waals surface area contributed by atoms with Crippen LogP contribution in [0.25, 0.3) is 43.4 Å². The van der Waals surface area contributed by atoms with Crippen LogP contribution in [0, 0.1) is 38.0 Å². The van der Waals surface area contributed by atoms with Gasteiger partial charge in [0.1, 0.15) is 37.4 Å². The van der Waals surface area contributed by atoms with E-state index in [1.807, 2.05) is 103 Å². The van der Waals surface area contributed by atoms with E-state index >= 15 is 0 Å². The van der Waals surface area contributed by atoms with Crippen molar-refractivity contribution in [3.8, 4) is 27.3 Å². The standard InChI is InChI=1S/C56H65N5O9S/c1-34-24-49(55(65)69-31-39-14-16-40(17-15-39)52-36(3)58-33-71-52)61(29-34)54(64)46(56(5,6)7)27-42(62)32-67-21-11-20-66-22-23-68-43-18-19-47-44(28-43)51-45(53(57)63)25-41(50-35(2)59-70-37(50)4)26-48(51)60(47)30-38-12-9-8-10-13-38/h8-9,12,14-19,25-26,28,33-34,46,49H,10-11,13,20-24,27,29-32H2,1-7H3,(H2,57,63)/t34-,46-,49+/m1/s1. The number of benzene rings is 3. The van der Waals surface area contributed by atoms with Crippen molar-refractivity contribution >= 4 is 56.7 Å². The quantitative estimate of drug-likeness (QED) is 0.0536. The van der Waals surface area contributed by atoms with E-state index in [0.29, 0.717) is 69.4 Å². The Morgan fingerprint density at radius 1 is 0.930 bits per heavy atom. The Bertz CT molecular complexity index is 2950. The van der Waals surface area contributed by atoms with Crippen LogP contribution in [0.2, 0.25) is 0 Å². The SMILES string of the molecule is Cc1ncsc1-c1ccc(COC(=O)[C@@H]2C[C@@H](C)CN2C(=O)[C@@H](CC(=O)COCCCOCCOc2ccc3c(c2)c2c(C(N)=O)cc(-c4c(C)noc4C)cc2n3CC2=CC=CCC2)C(C)(C)C)cc1. The van der Waals surface area contributed by atoms with Crippen LogP contribution in [-0.2, 0) is 41.7 Å². The molecule has 6 aromatic rings. The minimum absolute atomic E-state index is 0.00366. The molecular formula is C56H65N5O9S. The summed E-state index contributed by atoms with van der Waals surface area (Å²) in [5.41, 5.74) is 16.2. The molecule has 14 nitrogen and oxygen atoms in total. The maximum absolute atomic E-state index is 14.2. The lowest BCUT2D eigenvalue weighted by atomic mass is 9.77. The Labute approximate surface area is 419 Å². The Hall–Kier alpha value is -6.42. The third kappa shape index (κ3) is 11.9. The molecule has 3 aromatic heterocycles. The summed E-state index contributed by atoms with van der Waals surface area (Å²) in [4.78, 5) is 61.2. The number of carbonyl (C=O) groups is 4. The molecule has 71 heavy (non-hydrogen) atoms. The molecule has 0 saturated carbocycles. The molecule has 8 rings (SSSR count). The molecule has 0 radical (unpaired) electrons. The highest BCUT2D eigenvalue weighted by atomic mass is 32.1. The maximum atomic E-state index is 14.2. The highest BCUT2D eigenvalue weighted by Gasteiger charge is 2.44. The van der Waals surface area contributed by atoms with Crippen molar-refractivity contribution < 1.29 is 42.6 Å². The zero-order chi connectivity index (χ0) is 50.4. The van der Waals surface area contributed by atoms with E-state index in [1.165, 1.54) is 5.57 Å². The number of ketones is 1. The normalized spacial score (nSPS) is 16.4. The lowest BCUT2D eigenvalue weighted by molar-refractivity contribution is -0.157. The number of allylic oxidation sites excluding steroid dienone is 4. The molecule has 1 saturated heterocycles. The minimum atomic E-state index is -0.714. The van der Waals surface area contributed by atoms with Crippen LogP contribution in [0.5, 0.6) is 5.75 Å². The van der Waals surface area contributed by atoms with Crippen LogP contribution < -0.4 is 10.5 Å². The molecule has 0 spiro atoms. The number of hydrogen-bond donors (Lipinski definition) is 1. The number of Topliss-reactive ketones (excluding diaryl/α,β-unsaturated/α-hetero) is 1. The molecule has 2 amide bonds. The molecule has 2 aliphatic rings. The third-order valence-corrected chi connectivity index (χ3v) is 14.5. The Morgan fingerprint density at radius 2 is 1.72 bits per heavy atom. The number of ether oxygens (including phenoxy) is 4. The van der Waals surface area contributed by atoms with Gasteiger partial charge in [-0.25, -0.2) is 9.78 Å². The van der Waals surface area contributed by atoms with Gasteiger partial charge in [-0.3, -0.25) is 14.4 Å². The summed E-state index contributed by atoms with van der Waals surface area (Å²) in [5.74, 6) is -0.594. The number of thiazole rings is 1. The van der Waals surface area contributed by atoms with Crippen LogP contribution in [0.4, 0.5) is 0 Å². The molecule has 3 aromatic carbocycles. The minimum Gasteiger partial charge on any atom is -0.491 e. The highest BCUT2D eigenvalue weighted by Crippen LogP contribution is 2.40. The Kier molecular flexibility index (Phi) is 16.0. The summed E-state index contributed by atoms with van der Waals surface area (Å²) < 4.78 is 31.3. The summed E-state index contributed by atoms with van der Waals surface area (Å²) in [5, 5.41) is 5.78. The van der Waals surface area contributed by atoms with E-state index in [1.54, 1.807) is 16.2 Å². The molecule has 1 fully saturated rings. The van der Waals surface area contributed by atoms with Crippen molar-refractivity contribution in [3.63, 3.8) is 0 Å². The largest absolute Gasteiger partial charge is 0.491 e. The number of primary amides is 1. The Balaban J connectivity index is 0.807. The van der Waals surface area contributed by atoms with Crippen LogP contribution >= 0.6 is 11.3 Å². The summed E-state index contributed by atoms with van der Waals surface area (Å²) in [7, 11) is 0. The van der Waals surface area contributed by atoms with Crippen LogP contribution in [0.3, 0.4) is 0 Å². The lowest BCUT2D eigenvalue weighted by Gasteiger charge is -2.34. The zero-order valence-electron chi connectivity index (χ0n) is 41.9. The van der Waals surface area contributed by atoms with E-state index in [4.69, 9.17) is 29.2 Å². The molecule has 1 aliphatic carbocycles. The van der Waals surface area contributed by atoms with Crippen LogP contribution in [0.15, 0.2) is 88.4 Å². The first-order valence-electron chi connectivity index (χ1n) is 24.5.